The first-order valence-electron chi connectivity index (χ1n) is 4.31. The number of hydrogen-bond acceptors (Lipinski definition) is 2. The number of likely N-dealkylation sites (N-methyl/N-ethyl adjacent to an activating group) is 1. The van der Waals surface area contributed by atoms with Gasteiger partial charge in [-0.1, -0.05) is 0 Å². The lowest BCUT2D eigenvalue weighted by Gasteiger charge is -2.09. The Hall–Kier alpha value is -1.06. The van der Waals surface area contributed by atoms with Gasteiger partial charge in [0, 0.05) is 18.0 Å². The molecule has 0 spiro atoms. The second kappa shape index (κ2) is 3.87. The van der Waals surface area contributed by atoms with Gasteiger partial charge in [-0.25, -0.2) is 0 Å². The zero-order chi connectivity index (χ0) is 10.6. The molecule has 4 nitrogen and oxygen atoms in total. The molecular formula is C6H12N2O2. The second-order valence-corrected chi connectivity index (χ2v) is 1.91. The molecule has 0 bridgehead atoms. The average Bonchev–Trinajstić information content (AvgIpc) is 1.81. The zero-order valence-corrected chi connectivity index (χ0v) is 5.89. The predicted octanol–water partition coefficient (Wildman–Crippen LogP) is -0.743. The van der Waals surface area contributed by atoms with Gasteiger partial charge in [-0.15, -0.1) is 0 Å². The maximum Gasteiger partial charge on any atom is 0.242 e. The summed E-state index contributed by atoms with van der Waals surface area (Å²) in [5.74, 6) is -1.11. The Labute approximate surface area is 64.2 Å². The van der Waals surface area contributed by atoms with Gasteiger partial charge in [-0.05, 0) is 6.92 Å². The molecule has 2 amide bonds. The Morgan fingerprint density at radius 1 is 1.60 bits per heavy atom. The summed E-state index contributed by atoms with van der Waals surface area (Å²) in [4.78, 5) is 21.5. The van der Waals surface area contributed by atoms with Crippen LogP contribution in [0, 0.1) is 0 Å². The molecule has 0 aromatic carbocycles. The summed E-state index contributed by atoms with van der Waals surface area (Å²) < 4.78 is 20.2. The van der Waals surface area contributed by atoms with Crippen molar-refractivity contribution in [1.82, 2.24) is 10.6 Å². The van der Waals surface area contributed by atoms with Gasteiger partial charge in [0.15, 0.2) is 0 Å². The first-order chi connectivity index (χ1) is 5.72. The monoisotopic (exact) mass is 147 g/mol. The van der Waals surface area contributed by atoms with E-state index in [2.05, 4.69) is 5.32 Å². The van der Waals surface area contributed by atoms with Crippen LogP contribution in [0.15, 0.2) is 0 Å². The summed E-state index contributed by atoms with van der Waals surface area (Å²) in [6, 6.07) is -0.835. The molecule has 0 fully saturated rings. The van der Waals surface area contributed by atoms with E-state index in [9.17, 15) is 9.59 Å². The van der Waals surface area contributed by atoms with Crippen LogP contribution in [0.3, 0.4) is 0 Å². The summed E-state index contributed by atoms with van der Waals surface area (Å²) in [7, 11) is 0. The Morgan fingerprint density at radius 2 is 2.20 bits per heavy atom. The highest BCUT2D eigenvalue weighted by Gasteiger charge is 2.09. The number of hydrogen-bond donors (Lipinski definition) is 2. The SMILES string of the molecule is [2H]C([2H])([2H])NC(=O)[C@H](C)NC(C)=O. The molecule has 0 saturated carbocycles. The number of rotatable bonds is 2. The van der Waals surface area contributed by atoms with Crippen LogP contribution >= 0.6 is 0 Å². The van der Waals surface area contributed by atoms with Crippen molar-refractivity contribution in [2.45, 2.75) is 19.9 Å². The van der Waals surface area contributed by atoms with Gasteiger partial charge in [0.05, 0.1) is 0 Å². The van der Waals surface area contributed by atoms with E-state index in [0.717, 1.165) is 0 Å². The van der Waals surface area contributed by atoms with E-state index < -0.39 is 18.9 Å². The van der Waals surface area contributed by atoms with E-state index in [4.69, 9.17) is 4.11 Å². The van der Waals surface area contributed by atoms with Crippen LogP contribution in [0.2, 0.25) is 0 Å². The van der Waals surface area contributed by atoms with Crippen molar-refractivity contribution >= 4 is 11.8 Å². The van der Waals surface area contributed by atoms with Gasteiger partial charge in [-0.3, -0.25) is 9.59 Å². The van der Waals surface area contributed by atoms with Crippen LogP contribution in [-0.2, 0) is 9.59 Å². The molecule has 0 aliphatic rings. The van der Waals surface area contributed by atoms with Crippen molar-refractivity contribution < 1.29 is 13.7 Å². The van der Waals surface area contributed by atoms with Gasteiger partial charge in [0.25, 0.3) is 0 Å². The van der Waals surface area contributed by atoms with E-state index in [1.54, 1.807) is 5.32 Å². The smallest absolute Gasteiger partial charge is 0.242 e. The van der Waals surface area contributed by atoms with Gasteiger partial charge in [0.2, 0.25) is 11.8 Å². The predicted molar refractivity (Wildman–Crippen MR) is 37.3 cm³/mol. The minimum Gasteiger partial charge on any atom is -0.357 e. The van der Waals surface area contributed by atoms with Crippen LogP contribution < -0.4 is 10.6 Å². The average molecular weight is 147 g/mol. The van der Waals surface area contributed by atoms with Crippen LogP contribution in [0.4, 0.5) is 0 Å². The standard InChI is InChI=1S/C6H12N2O2/c1-4(6(10)7-3)8-5(2)9/h4H,1-3H3,(H,7,10)(H,8,9)/t4-/m0/s1/i3D3. The van der Waals surface area contributed by atoms with E-state index >= 15 is 0 Å². The highest BCUT2D eigenvalue weighted by molar-refractivity contribution is 5.86. The van der Waals surface area contributed by atoms with Crippen LogP contribution in [0.1, 0.15) is 18.0 Å². The fourth-order valence-electron chi connectivity index (χ4n) is 0.479. The maximum atomic E-state index is 11.0. The summed E-state index contributed by atoms with van der Waals surface area (Å²) in [5, 5.41) is 4.03. The molecule has 0 aliphatic carbocycles. The number of amides is 2. The molecule has 0 saturated heterocycles. The van der Waals surface area contributed by atoms with Crippen LogP contribution in [-0.4, -0.2) is 24.8 Å². The topological polar surface area (TPSA) is 58.2 Å². The molecule has 10 heavy (non-hydrogen) atoms. The molecule has 0 aliphatic heterocycles. The minimum absolute atomic E-state index is 0.381. The van der Waals surface area contributed by atoms with Crippen molar-refractivity contribution in [1.29, 1.82) is 0 Å². The lowest BCUT2D eigenvalue weighted by molar-refractivity contribution is -0.127. The molecule has 2 N–H and O–H groups in total. The van der Waals surface area contributed by atoms with Gasteiger partial charge in [0.1, 0.15) is 6.04 Å². The Morgan fingerprint density at radius 3 is 2.60 bits per heavy atom. The first-order valence-corrected chi connectivity index (χ1v) is 2.81. The fourth-order valence-corrected chi connectivity index (χ4v) is 0.479. The molecule has 0 aromatic rings. The third kappa shape index (κ3) is 3.06. The van der Waals surface area contributed by atoms with Crippen molar-refractivity contribution in [3.05, 3.63) is 0 Å². The summed E-state index contributed by atoms with van der Waals surface area (Å²) in [6.07, 6.45) is 0. The first kappa shape index (κ1) is 4.71. The number of nitrogens with one attached hydrogen (secondary N) is 2. The second-order valence-electron chi connectivity index (χ2n) is 1.91. The highest BCUT2D eigenvalue weighted by Crippen LogP contribution is 1.79. The number of carbonyl (C=O) groups excluding carboxylic acids is 2. The molecular weight excluding hydrogens is 132 g/mol. The molecule has 0 radical (unpaired) electrons. The van der Waals surface area contributed by atoms with E-state index in [0.29, 0.717) is 0 Å². The molecule has 4 heteroatoms. The Bertz CT molecular complexity index is 214. The lowest BCUT2D eigenvalue weighted by Crippen LogP contribution is -2.42. The maximum absolute atomic E-state index is 11.0. The highest BCUT2D eigenvalue weighted by atomic mass is 16.2. The van der Waals surface area contributed by atoms with Crippen LogP contribution in [0.5, 0.6) is 0 Å². The third-order valence-electron chi connectivity index (χ3n) is 0.936. The molecule has 0 rings (SSSR count). The molecule has 0 aromatic heterocycles. The summed E-state index contributed by atoms with van der Waals surface area (Å²) in [5.41, 5.74) is 0. The summed E-state index contributed by atoms with van der Waals surface area (Å²) in [6.45, 7) is 0.144. The summed E-state index contributed by atoms with van der Waals surface area (Å²) >= 11 is 0. The molecule has 1 atom stereocenters. The van der Waals surface area contributed by atoms with E-state index in [1.807, 2.05) is 0 Å². The zero-order valence-electron chi connectivity index (χ0n) is 8.89. The fraction of sp³-hybridized carbons (Fsp3) is 0.667. The molecule has 0 heterocycles. The van der Waals surface area contributed by atoms with E-state index in [1.165, 1.54) is 13.8 Å². The largest absolute Gasteiger partial charge is 0.357 e. The quantitative estimate of drug-likeness (QED) is 0.540. The molecule has 0 unspecified atom stereocenters. The Balaban J connectivity index is 4.05. The van der Waals surface area contributed by atoms with Gasteiger partial charge >= 0.3 is 0 Å². The van der Waals surface area contributed by atoms with Gasteiger partial charge < -0.3 is 10.6 Å². The van der Waals surface area contributed by atoms with Crippen molar-refractivity contribution in [3.63, 3.8) is 0 Å². The van der Waals surface area contributed by atoms with Crippen molar-refractivity contribution in [2.75, 3.05) is 6.98 Å². The van der Waals surface area contributed by atoms with Gasteiger partial charge in [-0.2, -0.15) is 0 Å². The van der Waals surface area contributed by atoms with Crippen molar-refractivity contribution in [2.24, 2.45) is 0 Å². The van der Waals surface area contributed by atoms with E-state index in [-0.39, 0.29) is 5.91 Å². The normalized spacial score (nSPS) is 17.6. The molecule has 58 valence electrons. The minimum atomic E-state index is -2.51. The lowest BCUT2D eigenvalue weighted by atomic mass is 10.3. The van der Waals surface area contributed by atoms with Crippen molar-refractivity contribution in [3.8, 4) is 0 Å². The Kier molecular flexibility index (Phi) is 1.82. The number of carbonyl (C=O) groups is 2. The van der Waals surface area contributed by atoms with Crippen LogP contribution in [0.25, 0.3) is 0 Å². The third-order valence-corrected chi connectivity index (χ3v) is 0.936.